The van der Waals surface area contributed by atoms with Crippen molar-refractivity contribution in [2.45, 2.75) is 34.0 Å². The lowest BCUT2D eigenvalue weighted by atomic mass is 10.1. The summed E-state index contributed by atoms with van der Waals surface area (Å²) in [5, 5.41) is -0.700. The molecule has 0 saturated carbocycles. The van der Waals surface area contributed by atoms with Gasteiger partial charge in [-0.1, -0.05) is 60.3 Å². The van der Waals surface area contributed by atoms with Crippen molar-refractivity contribution in [3.05, 3.63) is 90.5 Å². The Morgan fingerprint density at radius 3 is 2.29 bits per heavy atom. The molecule has 0 radical (unpaired) electrons. The second-order valence-corrected chi connectivity index (χ2v) is 10.9. The average Bonchev–Trinajstić information content (AvgIpc) is 3.24. The number of rotatable bonds is 9. The molecule has 1 aliphatic heterocycles. The molecule has 1 unspecified atom stereocenters. The normalized spacial score (nSPS) is 16.8. The molecule has 182 valence electrons. The van der Waals surface area contributed by atoms with Crippen LogP contribution in [0.1, 0.15) is 12.0 Å². The van der Waals surface area contributed by atoms with Crippen molar-refractivity contribution in [2.75, 3.05) is 13.7 Å². The predicted molar refractivity (Wildman–Crippen MR) is 135 cm³/mol. The number of ether oxygens (including phenoxy) is 1. The van der Waals surface area contributed by atoms with Crippen LogP contribution in [0.15, 0.2) is 94.7 Å². The number of hydrogen-bond donors (Lipinski definition) is 1. The molecule has 1 heterocycles. The zero-order valence-electron chi connectivity index (χ0n) is 19.2. The zero-order chi connectivity index (χ0) is 24.8. The first-order valence-electron chi connectivity index (χ1n) is 11.1. The van der Waals surface area contributed by atoms with E-state index in [1.165, 1.54) is 35.9 Å². The van der Waals surface area contributed by atoms with Crippen molar-refractivity contribution < 1.29 is 22.7 Å². The molecular weight excluding hydrogens is 484 g/mol. The Balaban J connectivity index is 1.61. The lowest BCUT2D eigenvalue weighted by Crippen LogP contribution is -2.51. The van der Waals surface area contributed by atoms with Crippen molar-refractivity contribution >= 4 is 33.5 Å². The fourth-order valence-corrected chi connectivity index (χ4v) is 6.21. The lowest BCUT2D eigenvalue weighted by molar-refractivity contribution is -0.134. The highest BCUT2D eigenvalue weighted by Gasteiger charge is 2.40. The molecule has 1 amide bonds. The molecule has 0 spiro atoms. The van der Waals surface area contributed by atoms with Gasteiger partial charge in [0.25, 0.3) is 0 Å². The van der Waals surface area contributed by atoms with Gasteiger partial charge in [-0.05, 0) is 48.4 Å². The highest BCUT2D eigenvalue weighted by molar-refractivity contribution is 8.00. The number of benzene rings is 3. The van der Waals surface area contributed by atoms with E-state index in [9.17, 15) is 18.0 Å². The van der Waals surface area contributed by atoms with Crippen LogP contribution in [0.25, 0.3) is 0 Å². The van der Waals surface area contributed by atoms with Gasteiger partial charge in [0.1, 0.15) is 17.2 Å². The van der Waals surface area contributed by atoms with Crippen molar-refractivity contribution in [1.29, 1.82) is 0 Å². The van der Waals surface area contributed by atoms with Crippen molar-refractivity contribution in [3.8, 4) is 5.75 Å². The van der Waals surface area contributed by atoms with Crippen LogP contribution in [0.5, 0.6) is 5.75 Å². The van der Waals surface area contributed by atoms with E-state index < -0.39 is 27.3 Å². The number of ketones is 1. The Morgan fingerprint density at radius 1 is 1.03 bits per heavy atom. The van der Waals surface area contributed by atoms with Crippen molar-refractivity contribution in [2.24, 2.45) is 0 Å². The number of likely N-dealkylation sites (tertiary alicyclic amines) is 1. The summed E-state index contributed by atoms with van der Waals surface area (Å²) in [4.78, 5) is 28.8. The first-order valence-corrected chi connectivity index (χ1v) is 13.5. The Bertz CT molecular complexity index is 1270. The van der Waals surface area contributed by atoms with Gasteiger partial charge < -0.3 is 9.64 Å². The number of nitrogens with one attached hydrogen (secondary N) is 1. The van der Waals surface area contributed by atoms with Gasteiger partial charge in [-0.25, -0.2) is 8.42 Å². The van der Waals surface area contributed by atoms with Gasteiger partial charge in [0, 0.05) is 17.9 Å². The molecule has 4 rings (SSSR count). The second-order valence-electron chi connectivity index (χ2n) is 8.07. The fraction of sp³-hybridized carbons (Fsp3) is 0.231. The van der Waals surface area contributed by atoms with Gasteiger partial charge in [0.05, 0.1) is 12.0 Å². The van der Waals surface area contributed by atoms with Crippen molar-refractivity contribution in [3.63, 3.8) is 0 Å². The fourth-order valence-electron chi connectivity index (χ4n) is 3.87. The highest BCUT2D eigenvalue weighted by Crippen LogP contribution is 2.31. The number of thioether (sulfide) groups is 1. The standard InChI is InChI=1S/C26H26N2O5S2/c1-33-20-12-14-22(15-13-20)35(31,32)27-23(18-19-8-4-2-5-9-19)25(30)28-17-16-24(29)26(28)34-21-10-6-3-7-11-21/h2-15,23,26-27H,16-18H2,1H3/t23-,26?/m0/s1. The van der Waals surface area contributed by atoms with Crippen LogP contribution in [0.4, 0.5) is 0 Å². The summed E-state index contributed by atoms with van der Waals surface area (Å²) in [5.41, 5.74) is 0.807. The summed E-state index contributed by atoms with van der Waals surface area (Å²) in [7, 11) is -2.52. The van der Waals surface area contributed by atoms with E-state index in [2.05, 4.69) is 4.72 Å². The summed E-state index contributed by atoms with van der Waals surface area (Å²) in [6.07, 6.45) is 0.391. The molecular formula is C26H26N2O5S2. The summed E-state index contributed by atoms with van der Waals surface area (Å²) in [5.74, 6) is 0.0473. The lowest BCUT2D eigenvalue weighted by Gasteiger charge is -2.28. The third kappa shape index (κ3) is 6.11. The highest BCUT2D eigenvalue weighted by atomic mass is 32.2. The maximum atomic E-state index is 13.7. The van der Waals surface area contributed by atoms with E-state index in [0.717, 1.165) is 10.5 Å². The number of hydrogen-bond acceptors (Lipinski definition) is 6. The van der Waals surface area contributed by atoms with E-state index in [0.29, 0.717) is 5.75 Å². The van der Waals surface area contributed by atoms with Crippen molar-refractivity contribution in [1.82, 2.24) is 9.62 Å². The quantitative estimate of drug-likeness (QED) is 0.474. The Morgan fingerprint density at radius 2 is 1.66 bits per heavy atom. The Labute approximate surface area is 209 Å². The number of carbonyl (C=O) groups is 2. The average molecular weight is 511 g/mol. The van der Waals surface area contributed by atoms with E-state index in [1.54, 1.807) is 12.1 Å². The van der Waals surface area contributed by atoms with E-state index >= 15 is 0 Å². The number of nitrogens with zero attached hydrogens (tertiary/aromatic N) is 1. The topological polar surface area (TPSA) is 92.8 Å². The van der Waals surface area contributed by atoms with Gasteiger partial charge in [-0.15, -0.1) is 0 Å². The van der Waals surface area contributed by atoms with Gasteiger partial charge in [0.15, 0.2) is 5.78 Å². The van der Waals surface area contributed by atoms with Gasteiger partial charge in [-0.3, -0.25) is 9.59 Å². The molecule has 1 aliphatic rings. The zero-order valence-corrected chi connectivity index (χ0v) is 20.8. The maximum Gasteiger partial charge on any atom is 0.242 e. The van der Waals surface area contributed by atoms with E-state index in [4.69, 9.17) is 4.74 Å². The summed E-state index contributed by atoms with van der Waals surface area (Å²) in [6.45, 7) is 0.248. The van der Waals surface area contributed by atoms with Crippen LogP contribution in [0.3, 0.4) is 0 Å². The molecule has 0 bridgehead atoms. The van der Waals surface area contributed by atoms with E-state index in [-0.39, 0.29) is 30.1 Å². The number of sulfonamides is 1. The third-order valence-corrected chi connectivity index (χ3v) is 8.45. The number of amides is 1. The largest absolute Gasteiger partial charge is 0.497 e. The number of carbonyl (C=O) groups excluding carboxylic acids is 2. The second kappa shape index (κ2) is 11.1. The summed E-state index contributed by atoms with van der Waals surface area (Å²) in [6, 6.07) is 23.5. The Kier molecular flexibility index (Phi) is 7.90. The number of methoxy groups -OCH3 is 1. The first kappa shape index (κ1) is 25.0. The van der Waals surface area contributed by atoms with Gasteiger partial charge >= 0.3 is 0 Å². The Hall–Kier alpha value is -3.14. The molecule has 1 N–H and O–H groups in total. The van der Waals surface area contributed by atoms with Crippen LogP contribution in [0.2, 0.25) is 0 Å². The molecule has 3 aromatic carbocycles. The molecule has 3 aromatic rings. The third-order valence-electron chi connectivity index (χ3n) is 5.68. The molecule has 1 saturated heterocycles. The van der Waals surface area contributed by atoms with Gasteiger partial charge in [0.2, 0.25) is 15.9 Å². The van der Waals surface area contributed by atoms with E-state index in [1.807, 2.05) is 60.7 Å². The monoisotopic (exact) mass is 510 g/mol. The molecule has 7 nitrogen and oxygen atoms in total. The molecule has 1 fully saturated rings. The SMILES string of the molecule is COc1ccc(S(=O)(=O)N[C@@H](Cc2ccccc2)C(=O)N2CCC(=O)C2Sc2ccccc2)cc1. The van der Waals surface area contributed by atoms with Crippen LogP contribution in [0, 0.1) is 0 Å². The molecule has 0 aliphatic carbocycles. The van der Waals surface area contributed by atoms with Gasteiger partial charge in [-0.2, -0.15) is 4.72 Å². The molecule has 35 heavy (non-hydrogen) atoms. The minimum Gasteiger partial charge on any atom is -0.497 e. The molecule has 0 aromatic heterocycles. The minimum atomic E-state index is -4.01. The van der Waals surface area contributed by atoms with Crippen LogP contribution in [-0.4, -0.2) is 50.1 Å². The predicted octanol–water partition coefficient (Wildman–Crippen LogP) is 3.50. The number of Topliss-reactive ketones (excluding diaryl/α,β-unsaturated/α-hetero) is 1. The van der Waals surface area contributed by atoms with Crippen LogP contribution < -0.4 is 9.46 Å². The first-order chi connectivity index (χ1) is 16.9. The molecule has 2 atom stereocenters. The van der Waals surface area contributed by atoms with Crippen LogP contribution >= 0.6 is 11.8 Å². The molecule has 9 heteroatoms. The minimum absolute atomic E-state index is 0.0249. The summed E-state index contributed by atoms with van der Waals surface area (Å²) >= 11 is 1.30. The smallest absolute Gasteiger partial charge is 0.242 e. The van der Waals surface area contributed by atoms with Crippen LogP contribution in [-0.2, 0) is 26.0 Å². The maximum absolute atomic E-state index is 13.7. The summed E-state index contributed by atoms with van der Waals surface area (Å²) < 4.78 is 34.1.